The Bertz CT molecular complexity index is 540. The third-order valence-electron chi connectivity index (χ3n) is 4.04. The highest BCUT2D eigenvalue weighted by Gasteiger charge is 2.22. The average molecular weight is 286 g/mol. The van der Waals surface area contributed by atoms with Crippen LogP contribution in [0.5, 0.6) is 5.75 Å². The number of terminal acetylenes is 1. The molecule has 112 valence electrons. The fourth-order valence-corrected chi connectivity index (χ4v) is 2.45. The van der Waals surface area contributed by atoms with E-state index < -0.39 is 0 Å². The van der Waals surface area contributed by atoms with Gasteiger partial charge in [-0.2, -0.15) is 5.48 Å². The number of likely N-dealkylation sites (tertiary alicyclic amines) is 1. The first-order valence-corrected chi connectivity index (χ1v) is 7.32. The number of carbonyl (C=O) groups excluding carboxylic acids is 1. The van der Waals surface area contributed by atoms with Gasteiger partial charge < -0.3 is 9.74 Å². The summed E-state index contributed by atoms with van der Waals surface area (Å²) < 4.78 is 0. The van der Waals surface area contributed by atoms with E-state index in [2.05, 4.69) is 11.4 Å². The number of hydrogen-bond donors (Lipinski definition) is 1. The van der Waals surface area contributed by atoms with Gasteiger partial charge in [-0.15, -0.1) is 12.3 Å². The molecule has 0 saturated carbocycles. The van der Waals surface area contributed by atoms with Crippen molar-refractivity contribution in [1.82, 2.24) is 10.4 Å². The highest BCUT2D eigenvalue weighted by molar-refractivity contribution is 5.73. The van der Waals surface area contributed by atoms with Crippen molar-refractivity contribution in [3.63, 3.8) is 0 Å². The molecule has 0 aliphatic carbocycles. The second-order valence-electron chi connectivity index (χ2n) is 5.59. The second-order valence-corrected chi connectivity index (χ2v) is 5.59. The normalized spacial score (nSPS) is 15.4. The number of hydroxylamine groups is 1. The quantitative estimate of drug-likeness (QED) is 0.685. The topological polar surface area (TPSA) is 41.6 Å². The van der Waals surface area contributed by atoms with E-state index in [9.17, 15) is 4.79 Å². The molecule has 1 aliphatic rings. The van der Waals surface area contributed by atoms with Gasteiger partial charge in [-0.3, -0.25) is 0 Å². The summed E-state index contributed by atoms with van der Waals surface area (Å²) in [7, 11) is 0. The molecule has 0 aromatic heterocycles. The maximum Gasteiger partial charge on any atom is 0.350 e. The molecule has 1 saturated heterocycles. The van der Waals surface area contributed by atoms with Crippen molar-refractivity contribution < 1.29 is 9.63 Å². The number of aryl methyl sites for hydroxylation is 2. The van der Waals surface area contributed by atoms with Crippen molar-refractivity contribution >= 4 is 6.03 Å². The van der Waals surface area contributed by atoms with Crippen LogP contribution in [-0.2, 0) is 0 Å². The van der Waals surface area contributed by atoms with E-state index in [1.165, 1.54) is 5.56 Å². The summed E-state index contributed by atoms with van der Waals surface area (Å²) in [5.74, 6) is 3.88. The Labute approximate surface area is 126 Å². The number of benzene rings is 1. The van der Waals surface area contributed by atoms with Gasteiger partial charge in [0, 0.05) is 19.5 Å². The lowest BCUT2D eigenvalue weighted by atomic mass is 9.94. The number of amides is 2. The summed E-state index contributed by atoms with van der Waals surface area (Å²) >= 11 is 0. The molecule has 1 fully saturated rings. The minimum absolute atomic E-state index is 0.188. The van der Waals surface area contributed by atoms with Crippen LogP contribution in [-0.4, -0.2) is 24.0 Å². The molecule has 1 aromatic carbocycles. The molecule has 0 radical (unpaired) electrons. The summed E-state index contributed by atoms with van der Waals surface area (Å²) in [4.78, 5) is 19.2. The van der Waals surface area contributed by atoms with Crippen LogP contribution in [0.25, 0.3) is 0 Å². The van der Waals surface area contributed by atoms with Gasteiger partial charge in [0.2, 0.25) is 0 Å². The summed E-state index contributed by atoms with van der Waals surface area (Å²) in [6.45, 7) is 5.52. The van der Waals surface area contributed by atoms with Gasteiger partial charge in [0.1, 0.15) is 0 Å². The smallest absolute Gasteiger partial charge is 0.350 e. The lowest BCUT2D eigenvalue weighted by Crippen LogP contribution is -2.45. The Morgan fingerprint density at radius 3 is 2.71 bits per heavy atom. The zero-order valence-electron chi connectivity index (χ0n) is 12.7. The van der Waals surface area contributed by atoms with E-state index in [-0.39, 0.29) is 6.03 Å². The Kier molecular flexibility index (Phi) is 5.10. The molecule has 1 N–H and O–H groups in total. The number of nitrogens with zero attached hydrogens (tertiary/aromatic N) is 1. The van der Waals surface area contributed by atoms with Crippen LogP contribution in [0.15, 0.2) is 18.2 Å². The van der Waals surface area contributed by atoms with Crippen LogP contribution in [0, 0.1) is 32.1 Å². The average Bonchev–Trinajstić information content (AvgIpc) is 2.49. The summed E-state index contributed by atoms with van der Waals surface area (Å²) in [5.41, 5.74) is 4.84. The number of urea groups is 1. The largest absolute Gasteiger partial charge is 0.378 e. The van der Waals surface area contributed by atoms with Crippen LogP contribution < -0.4 is 10.3 Å². The zero-order valence-corrected chi connectivity index (χ0v) is 12.7. The number of rotatable bonds is 3. The van der Waals surface area contributed by atoms with Crippen molar-refractivity contribution in [2.75, 3.05) is 13.1 Å². The van der Waals surface area contributed by atoms with E-state index in [0.717, 1.165) is 37.9 Å². The molecular weight excluding hydrogens is 264 g/mol. The first-order valence-electron chi connectivity index (χ1n) is 7.32. The molecular formula is C17H22N2O2. The van der Waals surface area contributed by atoms with Crippen LogP contribution in [0.1, 0.15) is 30.4 Å². The third kappa shape index (κ3) is 4.16. The van der Waals surface area contributed by atoms with Crippen LogP contribution >= 0.6 is 0 Å². The van der Waals surface area contributed by atoms with Crippen LogP contribution in [0.3, 0.4) is 0 Å². The lowest BCUT2D eigenvalue weighted by molar-refractivity contribution is 0.127. The monoisotopic (exact) mass is 286 g/mol. The molecule has 4 heteroatoms. The standard InChI is InChI=1S/C17H22N2O2/c1-4-5-15-8-10-19(11-9-15)17(20)18-21-16-7-6-13(2)14(3)12-16/h1,6-7,12,15H,5,8-11H2,2-3H3,(H,18,20). The van der Waals surface area contributed by atoms with E-state index in [0.29, 0.717) is 11.7 Å². The number of nitrogens with one attached hydrogen (secondary N) is 1. The molecule has 2 rings (SSSR count). The second kappa shape index (κ2) is 7.03. The van der Waals surface area contributed by atoms with E-state index >= 15 is 0 Å². The predicted octanol–water partition coefficient (Wildman–Crippen LogP) is 3.04. The Morgan fingerprint density at radius 1 is 1.38 bits per heavy atom. The van der Waals surface area contributed by atoms with Gasteiger partial charge in [-0.25, -0.2) is 4.79 Å². The molecule has 0 spiro atoms. The summed E-state index contributed by atoms with van der Waals surface area (Å²) in [5, 5.41) is 0. The Morgan fingerprint density at radius 2 is 2.10 bits per heavy atom. The highest BCUT2D eigenvalue weighted by atomic mass is 16.7. The molecule has 1 aliphatic heterocycles. The first kappa shape index (κ1) is 15.2. The van der Waals surface area contributed by atoms with E-state index in [1.54, 1.807) is 4.90 Å². The van der Waals surface area contributed by atoms with Crippen LogP contribution in [0.4, 0.5) is 4.79 Å². The SMILES string of the molecule is C#CCC1CCN(C(=O)NOc2ccc(C)c(C)c2)CC1. The Hall–Kier alpha value is -2.15. The fourth-order valence-electron chi connectivity index (χ4n) is 2.45. The molecule has 1 aromatic rings. The summed E-state index contributed by atoms with van der Waals surface area (Å²) in [6.07, 6.45) is 8.05. The number of hydrogen-bond acceptors (Lipinski definition) is 2. The molecule has 0 unspecified atom stereocenters. The molecule has 0 atom stereocenters. The molecule has 0 bridgehead atoms. The molecule has 2 amide bonds. The molecule has 1 heterocycles. The minimum atomic E-state index is -0.188. The van der Waals surface area contributed by atoms with Gasteiger partial charge in [0.05, 0.1) is 0 Å². The number of carbonyl (C=O) groups is 1. The third-order valence-corrected chi connectivity index (χ3v) is 4.04. The van der Waals surface area contributed by atoms with Gasteiger partial charge in [-0.1, -0.05) is 6.07 Å². The number of piperidine rings is 1. The predicted molar refractivity (Wildman–Crippen MR) is 82.8 cm³/mol. The summed E-state index contributed by atoms with van der Waals surface area (Å²) in [6, 6.07) is 5.55. The first-order chi connectivity index (χ1) is 10.1. The fraction of sp³-hybridized carbons (Fsp3) is 0.471. The van der Waals surface area contributed by atoms with Gasteiger partial charge in [0.25, 0.3) is 0 Å². The van der Waals surface area contributed by atoms with Gasteiger partial charge >= 0.3 is 6.03 Å². The van der Waals surface area contributed by atoms with Crippen molar-refractivity contribution in [3.8, 4) is 18.1 Å². The zero-order chi connectivity index (χ0) is 15.2. The highest BCUT2D eigenvalue weighted by Crippen LogP contribution is 2.20. The maximum absolute atomic E-state index is 12.0. The van der Waals surface area contributed by atoms with Gasteiger partial charge in [-0.05, 0) is 55.9 Å². The Balaban J connectivity index is 1.80. The van der Waals surface area contributed by atoms with Crippen LogP contribution in [0.2, 0.25) is 0 Å². The van der Waals surface area contributed by atoms with Crippen molar-refractivity contribution in [2.24, 2.45) is 5.92 Å². The molecule has 21 heavy (non-hydrogen) atoms. The van der Waals surface area contributed by atoms with E-state index in [4.69, 9.17) is 11.3 Å². The van der Waals surface area contributed by atoms with Crippen molar-refractivity contribution in [3.05, 3.63) is 29.3 Å². The van der Waals surface area contributed by atoms with Gasteiger partial charge in [0.15, 0.2) is 5.75 Å². The van der Waals surface area contributed by atoms with Crippen molar-refractivity contribution in [1.29, 1.82) is 0 Å². The van der Waals surface area contributed by atoms with E-state index in [1.807, 2.05) is 32.0 Å². The molecule has 4 nitrogen and oxygen atoms in total. The maximum atomic E-state index is 12.0. The lowest BCUT2D eigenvalue weighted by Gasteiger charge is -2.30. The minimum Gasteiger partial charge on any atom is -0.378 e. The van der Waals surface area contributed by atoms with Crippen molar-refractivity contribution in [2.45, 2.75) is 33.1 Å².